The first-order valence-electron chi connectivity index (χ1n) is 3.75. The molecule has 0 rings (SSSR count). The number of hydrogen-bond donors (Lipinski definition) is 4. The van der Waals surface area contributed by atoms with Crippen LogP contribution < -0.4 is 5.73 Å². The van der Waals surface area contributed by atoms with E-state index in [2.05, 4.69) is 30.4 Å². The maximum absolute atomic E-state index is 10.9. The molecule has 0 aliphatic carbocycles. The quantitative estimate of drug-likeness (QED) is 0.315. The SMILES string of the molecule is N[C@@H](CCC(=O)OC(=O)N(S)S)C(=O)O. The van der Waals surface area contributed by atoms with Gasteiger partial charge in [-0.1, -0.05) is 0 Å². The Hall–Kier alpha value is -0.930. The van der Waals surface area contributed by atoms with Crippen molar-refractivity contribution in [1.82, 2.24) is 3.71 Å². The zero-order valence-corrected chi connectivity index (χ0v) is 9.28. The zero-order chi connectivity index (χ0) is 12.0. The van der Waals surface area contributed by atoms with Crippen molar-refractivity contribution in [1.29, 1.82) is 0 Å². The number of thiol groups is 2. The number of ether oxygens (including phenoxy) is 1. The summed E-state index contributed by atoms with van der Waals surface area (Å²) in [4.78, 5) is 31.9. The zero-order valence-electron chi connectivity index (χ0n) is 7.49. The van der Waals surface area contributed by atoms with E-state index in [1.165, 1.54) is 0 Å². The minimum absolute atomic E-state index is 0.111. The molecule has 0 radical (unpaired) electrons. The van der Waals surface area contributed by atoms with E-state index in [-0.39, 0.29) is 12.8 Å². The van der Waals surface area contributed by atoms with Gasteiger partial charge in [-0.3, -0.25) is 9.59 Å². The summed E-state index contributed by atoms with van der Waals surface area (Å²) in [6.45, 7) is 0. The second kappa shape index (κ2) is 6.53. The average Bonchev–Trinajstić information content (AvgIpc) is 2.13. The highest BCUT2D eigenvalue weighted by Crippen LogP contribution is 2.04. The average molecular weight is 254 g/mol. The number of carbonyl (C=O) groups excluding carboxylic acids is 2. The summed E-state index contributed by atoms with van der Waals surface area (Å²) in [5, 5.41) is 8.39. The van der Waals surface area contributed by atoms with Gasteiger partial charge in [0.1, 0.15) is 6.04 Å². The molecule has 0 aromatic heterocycles. The van der Waals surface area contributed by atoms with Crippen molar-refractivity contribution in [2.75, 3.05) is 0 Å². The highest BCUT2D eigenvalue weighted by atomic mass is 32.2. The number of carboxylic acids is 1. The Labute approximate surface area is 96.6 Å². The summed E-state index contributed by atoms with van der Waals surface area (Å²) in [6, 6.07) is -1.16. The van der Waals surface area contributed by atoms with Gasteiger partial charge in [0, 0.05) is 6.42 Å². The van der Waals surface area contributed by atoms with Crippen LogP contribution in [0.3, 0.4) is 0 Å². The van der Waals surface area contributed by atoms with Crippen molar-refractivity contribution in [3.8, 4) is 0 Å². The Morgan fingerprint density at radius 2 is 1.93 bits per heavy atom. The van der Waals surface area contributed by atoms with Gasteiger partial charge in [0.25, 0.3) is 0 Å². The number of nitrogens with zero attached hydrogens (tertiary/aromatic N) is 1. The van der Waals surface area contributed by atoms with Crippen molar-refractivity contribution < 1.29 is 24.2 Å². The molecule has 0 spiro atoms. The Morgan fingerprint density at radius 1 is 1.40 bits per heavy atom. The lowest BCUT2D eigenvalue weighted by Gasteiger charge is -2.08. The van der Waals surface area contributed by atoms with Gasteiger partial charge in [0.2, 0.25) is 0 Å². The van der Waals surface area contributed by atoms with Gasteiger partial charge in [0.15, 0.2) is 0 Å². The standard InChI is InChI=1S/C6H10N2O5S2/c7-3(5(10)11)1-2-4(9)13-6(12)8(14)15/h3,14-15H,1-2,7H2,(H,10,11)/t3-/m0/s1. The van der Waals surface area contributed by atoms with E-state index in [0.717, 1.165) is 0 Å². The van der Waals surface area contributed by atoms with Crippen LogP contribution in [0.25, 0.3) is 0 Å². The Kier molecular flexibility index (Phi) is 6.13. The van der Waals surface area contributed by atoms with E-state index in [4.69, 9.17) is 10.8 Å². The molecular weight excluding hydrogens is 244 g/mol. The van der Waals surface area contributed by atoms with E-state index in [0.29, 0.717) is 3.71 Å². The second-order valence-corrected chi connectivity index (χ2v) is 3.63. The van der Waals surface area contributed by atoms with Crippen molar-refractivity contribution in [3.05, 3.63) is 0 Å². The number of carbonyl (C=O) groups is 3. The molecule has 0 bridgehead atoms. The van der Waals surface area contributed by atoms with Crippen LogP contribution in [0, 0.1) is 0 Å². The topological polar surface area (TPSA) is 110 Å². The highest BCUT2D eigenvalue weighted by Gasteiger charge is 2.17. The van der Waals surface area contributed by atoms with E-state index in [1.807, 2.05) is 0 Å². The van der Waals surface area contributed by atoms with E-state index in [1.54, 1.807) is 0 Å². The predicted molar refractivity (Wildman–Crippen MR) is 56.1 cm³/mol. The molecule has 1 atom stereocenters. The van der Waals surface area contributed by atoms with Crippen molar-refractivity contribution in [2.24, 2.45) is 5.73 Å². The van der Waals surface area contributed by atoms with E-state index < -0.39 is 24.1 Å². The van der Waals surface area contributed by atoms with Crippen LogP contribution in [0.4, 0.5) is 4.79 Å². The fraction of sp³-hybridized carbons (Fsp3) is 0.500. The maximum atomic E-state index is 10.9. The number of amides is 1. The Balaban J connectivity index is 3.86. The number of carboxylic acid groups (broad SMARTS) is 1. The molecule has 0 saturated heterocycles. The van der Waals surface area contributed by atoms with E-state index in [9.17, 15) is 14.4 Å². The molecule has 0 unspecified atom stereocenters. The summed E-state index contributed by atoms with van der Waals surface area (Å²) in [5.74, 6) is -2.11. The predicted octanol–water partition coefficient (Wildman–Crippen LogP) is -0.167. The van der Waals surface area contributed by atoms with Crippen LogP contribution in [0.5, 0.6) is 0 Å². The normalized spacial score (nSPS) is 11.7. The lowest BCUT2D eigenvalue weighted by molar-refractivity contribution is -0.140. The minimum Gasteiger partial charge on any atom is -0.480 e. The Morgan fingerprint density at radius 3 is 2.33 bits per heavy atom. The third-order valence-corrected chi connectivity index (χ3v) is 1.67. The minimum atomic E-state index is -1.22. The lowest BCUT2D eigenvalue weighted by atomic mass is 10.2. The largest absolute Gasteiger partial charge is 0.480 e. The highest BCUT2D eigenvalue weighted by molar-refractivity contribution is 7.94. The molecule has 1 amide bonds. The molecule has 9 heteroatoms. The van der Waals surface area contributed by atoms with Crippen molar-refractivity contribution >= 4 is 43.7 Å². The molecule has 0 saturated carbocycles. The number of hydrogen-bond acceptors (Lipinski definition) is 7. The van der Waals surface area contributed by atoms with Gasteiger partial charge >= 0.3 is 18.0 Å². The van der Waals surface area contributed by atoms with Gasteiger partial charge in [0.05, 0.1) is 0 Å². The number of rotatable bonds is 4. The molecule has 15 heavy (non-hydrogen) atoms. The molecule has 0 aromatic carbocycles. The molecule has 0 aromatic rings. The number of aliphatic carboxylic acids is 1. The van der Waals surface area contributed by atoms with Crippen LogP contribution >= 0.6 is 25.6 Å². The first-order chi connectivity index (χ1) is 6.84. The van der Waals surface area contributed by atoms with Gasteiger partial charge in [-0.25, -0.2) is 4.79 Å². The molecule has 0 aliphatic heterocycles. The van der Waals surface area contributed by atoms with Gasteiger partial charge in [-0.2, -0.15) is 3.71 Å². The Bertz CT molecular complexity index is 270. The summed E-state index contributed by atoms with van der Waals surface area (Å²) >= 11 is 6.92. The first kappa shape index (κ1) is 14.1. The van der Waals surface area contributed by atoms with Gasteiger partial charge in [-0.15, -0.1) is 0 Å². The number of esters is 1. The smallest absolute Gasteiger partial charge is 0.437 e. The molecule has 0 aliphatic rings. The van der Waals surface area contributed by atoms with Crippen molar-refractivity contribution in [2.45, 2.75) is 18.9 Å². The van der Waals surface area contributed by atoms with E-state index >= 15 is 0 Å². The summed E-state index contributed by atoms with van der Waals surface area (Å²) in [5.41, 5.74) is 5.12. The van der Waals surface area contributed by atoms with Crippen LogP contribution in [0.2, 0.25) is 0 Å². The maximum Gasteiger partial charge on any atom is 0.437 e. The summed E-state index contributed by atoms with van der Waals surface area (Å²) in [6.07, 6.45) is -1.44. The van der Waals surface area contributed by atoms with Crippen LogP contribution in [-0.4, -0.2) is 32.9 Å². The van der Waals surface area contributed by atoms with Crippen LogP contribution in [-0.2, 0) is 14.3 Å². The molecule has 3 N–H and O–H groups in total. The molecule has 86 valence electrons. The lowest BCUT2D eigenvalue weighted by Crippen LogP contribution is -2.31. The van der Waals surface area contributed by atoms with Crippen LogP contribution in [0.1, 0.15) is 12.8 Å². The molecule has 0 heterocycles. The summed E-state index contributed by atoms with van der Waals surface area (Å²) in [7, 11) is 0. The fourth-order valence-corrected chi connectivity index (χ4v) is 0.668. The fourth-order valence-electron chi connectivity index (χ4n) is 0.586. The second-order valence-electron chi connectivity index (χ2n) is 2.51. The number of nitrogens with two attached hydrogens (primary N) is 1. The van der Waals surface area contributed by atoms with Crippen LogP contribution in [0.15, 0.2) is 0 Å². The van der Waals surface area contributed by atoms with Gasteiger partial charge in [-0.05, 0) is 32.1 Å². The van der Waals surface area contributed by atoms with Crippen molar-refractivity contribution in [3.63, 3.8) is 0 Å². The molecule has 0 fully saturated rings. The molecular formula is C6H10N2O5S2. The third-order valence-electron chi connectivity index (χ3n) is 1.34. The first-order valence-corrected chi connectivity index (χ1v) is 4.55. The molecule has 7 nitrogen and oxygen atoms in total. The third kappa shape index (κ3) is 6.20. The van der Waals surface area contributed by atoms with Gasteiger partial charge < -0.3 is 15.6 Å². The summed E-state index contributed by atoms with van der Waals surface area (Å²) < 4.78 is 4.67. The monoisotopic (exact) mass is 254 g/mol.